The highest BCUT2D eigenvalue weighted by Crippen LogP contribution is 2.40. The van der Waals surface area contributed by atoms with Gasteiger partial charge in [-0.3, -0.25) is 0 Å². The summed E-state index contributed by atoms with van der Waals surface area (Å²) in [6, 6.07) is 0. The molecule has 2 rings (SSSR count). The summed E-state index contributed by atoms with van der Waals surface area (Å²) in [7, 11) is 0. The van der Waals surface area contributed by atoms with Crippen molar-refractivity contribution in [1.29, 1.82) is 0 Å². The summed E-state index contributed by atoms with van der Waals surface area (Å²) in [6.07, 6.45) is 2.42. The lowest BCUT2D eigenvalue weighted by Gasteiger charge is -2.19. The van der Waals surface area contributed by atoms with Gasteiger partial charge >= 0.3 is 6.09 Å². The maximum absolute atomic E-state index is 11.5. The van der Waals surface area contributed by atoms with E-state index < -0.39 is 11.7 Å². The number of alkyl carbamates (subject to hydrolysis) is 1. The standard InChI is InChI=1S/C15H23N3O4/c1-15(2,3)22-14(21)16-8-4-5-10-12(19)17-11(9-6-7-9)18-13(10)20/h9H,4-8H2,1-3H3,(H,16,21)(H2,17,18,19,20). The Morgan fingerprint density at radius 3 is 2.36 bits per heavy atom. The van der Waals surface area contributed by atoms with Gasteiger partial charge in [0.05, 0.1) is 5.56 Å². The number of aromatic nitrogens is 2. The Kier molecular flexibility index (Phi) is 4.73. The molecule has 1 aromatic heterocycles. The van der Waals surface area contributed by atoms with Crippen LogP contribution in [0.2, 0.25) is 0 Å². The van der Waals surface area contributed by atoms with E-state index in [2.05, 4.69) is 15.3 Å². The van der Waals surface area contributed by atoms with Crippen molar-refractivity contribution in [3.05, 3.63) is 11.4 Å². The van der Waals surface area contributed by atoms with E-state index in [4.69, 9.17) is 4.74 Å². The molecule has 0 radical (unpaired) electrons. The lowest BCUT2D eigenvalue weighted by atomic mass is 10.1. The van der Waals surface area contributed by atoms with E-state index in [1.54, 1.807) is 20.8 Å². The maximum Gasteiger partial charge on any atom is 0.407 e. The Morgan fingerprint density at radius 2 is 1.86 bits per heavy atom. The van der Waals surface area contributed by atoms with Gasteiger partial charge in [-0.2, -0.15) is 9.97 Å². The molecular formula is C15H23N3O4. The maximum atomic E-state index is 11.5. The lowest BCUT2D eigenvalue weighted by molar-refractivity contribution is 0.0527. The zero-order valence-electron chi connectivity index (χ0n) is 13.2. The van der Waals surface area contributed by atoms with E-state index in [1.165, 1.54) is 0 Å². The van der Waals surface area contributed by atoms with Gasteiger partial charge in [-0.15, -0.1) is 0 Å². The molecule has 0 aliphatic heterocycles. The van der Waals surface area contributed by atoms with Crippen molar-refractivity contribution in [3.8, 4) is 11.8 Å². The first-order chi connectivity index (χ1) is 10.3. The van der Waals surface area contributed by atoms with Gasteiger partial charge in [-0.05, 0) is 46.5 Å². The Bertz CT molecular complexity index is 527. The summed E-state index contributed by atoms with van der Waals surface area (Å²) in [4.78, 5) is 19.5. The minimum atomic E-state index is -0.535. The third-order valence-corrected chi connectivity index (χ3v) is 3.20. The zero-order chi connectivity index (χ0) is 16.3. The topological polar surface area (TPSA) is 105 Å². The average Bonchev–Trinajstić information content (AvgIpc) is 3.18. The molecular weight excluding hydrogens is 286 g/mol. The van der Waals surface area contributed by atoms with Crippen LogP contribution < -0.4 is 5.32 Å². The molecule has 1 heterocycles. The molecule has 1 fully saturated rings. The Balaban J connectivity index is 1.81. The highest BCUT2D eigenvalue weighted by Gasteiger charge is 2.28. The third-order valence-electron chi connectivity index (χ3n) is 3.20. The van der Waals surface area contributed by atoms with Crippen LogP contribution in [0, 0.1) is 0 Å². The van der Waals surface area contributed by atoms with E-state index in [-0.39, 0.29) is 17.7 Å². The first kappa shape index (κ1) is 16.3. The first-order valence-electron chi connectivity index (χ1n) is 7.52. The van der Waals surface area contributed by atoms with Gasteiger partial charge in [0.1, 0.15) is 11.4 Å². The number of hydrogen-bond donors (Lipinski definition) is 3. The molecule has 1 aromatic rings. The predicted octanol–water partition coefficient (Wildman–Crippen LogP) is 2.22. The molecule has 7 heteroatoms. The molecule has 0 bridgehead atoms. The third kappa shape index (κ3) is 4.75. The van der Waals surface area contributed by atoms with Crippen molar-refractivity contribution in [2.24, 2.45) is 0 Å². The summed E-state index contributed by atoms with van der Waals surface area (Å²) in [5, 5.41) is 22.4. The molecule has 0 unspecified atom stereocenters. The monoisotopic (exact) mass is 309 g/mol. The van der Waals surface area contributed by atoms with Crippen LogP contribution in [-0.4, -0.2) is 38.4 Å². The zero-order valence-corrected chi connectivity index (χ0v) is 13.2. The molecule has 122 valence electrons. The van der Waals surface area contributed by atoms with Crippen molar-refractivity contribution in [2.75, 3.05) is 6.54 Å². The van der Waals surface area contributed by atoms with Crippen LogP contribution in [0.25, 0.3) is 0 Å². The fourth-order valence-electron chi connectivity index (χ4n) is 1.99. The second-order valence-electron chi connectivity index (χ2n) is 6.51. The van der Waals surface area contributed by atoms with E-state index in [0.29, 0.717) is 30.8 Å². The Labute approximate surface area is 129 Å². The van der Waals surface area contributed by atoms with Gasteiger partial charge in [0.2, 0.25) is 11.8 Å². The van der Waals surface area contributed by atoms with Gasteiger partial charge < -0.3 is 20.3 Å². The van der Waals surface area contributed by atoms with Crippen LogP contribution in [0.3, 0.4) is 0 Å². The number of ether oxygens (including phenoxy) is 1. The minimum absolute atomic E-state index is 0.174. The summed E-state index contributed by atoms with van der Waals surface area (Å²) in [5.41, 5.74) is -0.219. The quantitative estimate of drug-likeness (QED) is 0.720. The van der Waals surface area contributed by atoms with E-state index >= 15 is 0 Å². The summed E-state index contributed by atoms with van der Waals surface area (Å²) >= 11 is 0. The van der Waals surface area contributed by atoms with Crippen molar-refractivity contribution >= 4 is 6.09 Å². The van der Waals surface area contributed by atoms with Crippen LogP contribution in [0.1, 0.15) is 57.3 Å². The van der Waals surface area contributed by atoms with Crippen LogP contribution >= 0.6 is 0 Å². The van der Waals surface area contributed by atoms with Gasteiger partial charge in [-0.1, -0.05) is 0 Å². The Hall–Kier alpha value is -2.05. The normalized spacial score (nSPS) is 14.7. The average molecular weight is 309 g/mol. The van der Waals surface area contributed by atoms with Crippen molar-refractivity contribution < 1.29 is 19.7 Å². The van der Waals surface area contributed by atoms with Gasteiger partial charge in [0.15, 0.2) is 0 Å². The molecule has 22 heavy (non-hydrogen) atoms. The Morgan fingerprint density at radius 1 is 1.27 bits per heavy atom. The molecule has 1 aliphatic rings. The molecule has 1 saturated carbocycles. The van der Waals surface area contributed by atoms with E-state index in [9.17, 15) is 15.0 Å². The van der Waals surface area contributed by atoms with Gasteiger partial charge in [0, 0.05) is 12.5 Å². The number of nitrogens with zero attached hydrogens (tertiary/aromatic N) is 2. The van der Waals surface area contributed by atoms with Crippen LogP contribution in [0.4, 0.5) is 4.79 Å². The summed E-state index contributed by atoms with van der Waals surface area (Å²) in [6.45, 7) is 5.75. The SMILES string of the molecule is CC(C)(C)OC(=O)NCCCc1c(O)nc(C2CC2)nc1O. The number of aromatic hydroxyl groups is 2. The fourth-order valence-corrected chi connectivity index (χ4v) is 1.99. The molecule has 0 aromatic carbocycles. The molecule has 1 amide bonds. The fraction of sp³-hybridized carbons (Fsp3) is 0.667. The van der Waals surface area contributed by atoms with Crippen molar-refractivity contribution in [2.45, 2.75) is 58.0 Å². The number of carbonyl (C=O) groups excluding carboxylic acids is 1. The van der Waals surface area contributed by atoms with E-state index in [0.717, 1.165) is 12.8 Å². The second-order valence-corrected chi connectivity index (χ2v) is 6.51. The van der Waals surface area contributed by atoms with Gasteiger partial charge in [-0.25, -0.2) is 4.79 Å². The second kappa shape index (κ2) is 6.37. The van der Waals surface area contributed by atoms with Crippen LogP contribution in [0.5, 0.6) is 11.8 Å². The van der Waals surface area contributed by atoms with Crippen LogP contribution in [0.15, 0.2) is 0 Å². The highest BCUT2D eigenvalue weighted by atomic mass is 16.6. The molecule has 1 aliphatic carbocycles. The number of hydrogen-bond acceptors (Lipinski definition) is 6. The first-order valence-corrected chi connectivity index (χ1v) is 7.52. The van der Waals surface area contributed by atoms with Gasteiger partial charge in [0.25, 0.3) is 0 Å². The van der Waals surface area contributed by atoms with Crippen molar-refractivity contribution in [1.82, 2.24) is 15.3 Å². The molecule has 3 N–H and O–H groups in total. The summed E-state index contributed by atoms with van der Waals surface area (Å²) < 4.78 is 5.11. The molecule has 7 nitrogen and oxygen atoms in total. The van der Waals surface area contributed by atoms with E-state index in [1.807, 2.05) is 0 Å². The molecule has 0 atom stereocenters. The number of rotatable bonds is 5. The largest absolute Gasteiger partial charge is 0.493 e. The van der Waals surface area contributed by atoms with Crippen LogP contribution in [-0.2, 0) is 11.2 Å². The molecule has 0 saturated heterocycles. The van der Waals surface area contributed by atoms with Crippen molar-refractivity contribution in [3.63, 3.8) is 0 Å². The number of carbonyl (C=O) groups is 1. The predicted molar refractivity (Wildman–Crippen MR) is 79.9 cm³/mol. The number of amides is 1. The smallest absolute Gasteiger partial charge is 0.407 e. The molecule has 0 spiro atoms. The minimum Gasteiger partial charge on any atom is -0.493 e. The summed E-state index contributed by atoms with van der Waals surface area (Å²) in [5.74, 6) is 0.420. The lowest BCUT2D eigenvalue weighted by Crippen LogP contribution is -2.33. The number of nitrogens with one attached hydrogen (secondary N) is 1. The highest BCUT2D eigenvalue weighted by molar-refractivity contribution is 5.67.